The van der Waals surface area contributed by atoms with Crippen LogP contribution in [0.25, 0.3) is 0 Å². The summed E-state index contributed by atoms with van der Waals surface area (Å²) in [5, 5.41) is 7.05. The molecule has 2 aromatic rings. The van der Waals surface area contributed by atoms with Gasteiger partial charge in [-0.2, -0.15) is 5.10 Å². The normalized spacial score (nSPS) is 25.4. The summed E-state index contributed by atoms with van der Waals surface area (Å²) in [5.74, 6) is 1.67. The van der Waals surface area contributed by atoms with Crippen LogP contribution in [0.15, 0.2) is 36.9 Å². The van der Waals surface area contributed by atoms with Gasteiger partial charge in [-0.05, 0) is 43.2 Å². The monoisotopic (exact) mass is 413 g/mol. The maximum absolute atomic E-state index is 12.6. The summed E-state index contributed by atoms with van der Waals surface area (Å²) in [6, 6.07) is 7.47. The molecule has 2 fully saturated rings. The topological polar surface area (TPSA) is 95.1 Å². The molecule has 9 heteroatoms. The Labute approximate surface area is 170 Å². The number of nitrogens with two attached hydrogens (primary N) is 1. The van der Waals surface area contributed by atoms with Gasteiger partial charge in [-0.3, -0.25) is 4.79 Å². The molecule has 4 unspecified atom stereocenters. The molecule has 0 saturated heterocycles. The summed E-state index contributed by atoms with van der Waals surface area (Å²) in [6.45, 7) is 1.11. The Morgan fingerprint density at radius 3 is 2.81 bits per heavy atom. The fraction of sp³-hybridized carbons (Fsp3) is 0.500. The van der Waals surface area contributed by atoms with E-state index in [9.17, 15) is 4.79 Å². The molecule has 7 nitrogen and oxygen atoms in total. The second-order valence-corrected chi connectivity index (χ2v) is 6.96. The number of rotatable bonds is 6. The Morgan fingerprint density at radius 2 is 2.11 bits per heavy atom. The molecule has 2 aliphatic rings. The maximum atomic E-state index is 12.6. The van der Waals surface area contributed by atoms with Crippen LogP contribution in [-0.4, -0.2) is 33.3 Å². The third-order valence-electron chi connectivity index (χ3n) is 5.44. The molecule has 1 aromatic heterocycles. The number of hydrogen-bond acceptors (Lipinski definition) is 5. The number of fused-ring (bicyclic) bond motifs is 2. The number of amides is 1. The molecule has 4 atom stereocenters. The molecule has 0 spiro atoms. The fourth-order valence-electron chi connectivity index (χ4n) is 4.22. The van der Waals surface area contributed by atoms with Crippen LogP contribution in [0.2, 0.25) is 0 Å². The highest BCUT2D eigenvalue weighted by molar-refractivity contribution is 5.93. The largest absolute Gasteiger partial charge is 0.492 e. The summed E-state index contributed by atoms with van der Waals surface area (Å²) < 4.78 is 7.44. The molecule has 2 aliphatic carbocycles. The van der Waals surface area contributed by atoms with Gasteiger partial charge in [0.25, 0.3) is 0 Å². The lowest BCUT2D eigenvalue weighted by atomic mass is 9.84. The molecule has 1 amide bonds. The van der Waals surface area contributed by atoms with Crippen molar-refractivity contribution in [2.75, 3.05) is 11.9 Å². The molecule has 1 heterocycles. The Morgan fingerprint density at radius 1 is 1.30 bits per heavy atom. The number of carbonyl (C=O) groups is 1. The van der Waals surface area contributed by atoms with Gasteiger partial charge < -0.3 is 15.8 Å². The van der Waals surface area contributed by atoms with E-state index in [1.807, 2.05) is 24.3 Å². The Kier molecular flexibility index (Phi) is 7.47. The zero-order valence-electron chi connectivity index (χ0n) is 14.9. The first kappa shape index (κ1) is 21.5. The van der Waals surface area contributed by atoms with Crippen molar-refractivity contribution in [3.8, 4) is 5.75 Å². The summed E-state index contributed by atoms with van der Waals surface area (Å²) >= 11 is 0. The Bertz CT molecular complexity index is 741. The van der Waals surface area contributed by atoms with Crippen LogP contribution in [0.1, 0.15) is 19.3 Å². The summed E-state index contributed by atoms with van der Waals surface area (Å²) in [6.07, 6.45) is 6.55. The molecular formula is C18H25Cl2N5O2. The standard InChI is InChI=1S/C18H23N5O2.2ClH/c19-17-13-5-4-12(8-13)16(17)18(24)22-14-2-1-3-15(9-14)25-7-6-23-11-20-10-21-23;;/h1-3,9-13,16-17H,4-8,19H2,(H,22,24);2*1H. The van der Waals surface area contributed by atoms with Gasteiger partial charge in [-0.25, -0.2) is 9.67 Å². The smallest absolute Gasteiger partial charge is 0.229 e. The van der Waals surface area contributed by atoms with Crippen molar-refractivity contribution in [3.05, 3.63) is 36.9 Å². The number of carbonyl (C=O) groups excluding carboxylic acids is 1. The van der Waals surface area contributed by atoms with Crippen molar-refractivity contribution in [3.63, 3.8) is 0 Å². The predicted molar refractivity (Wildman–Crippen MR) is 107 cm³/mol. The summed E-state index contributed by atoms with van der Waals surface area (Å²) in [5.41, 5.74) is 7.01. The summed E-state index contributed by atoms with van der Waals surface area (Å²) in [7, 11) is 0. The number of nitrogens with one attached hydrogen (secondary N) is 1. The van der Waals surface area contributed by atoms with E-state index in [0.29, 0.717) is 25.0 Å². The fourth-order valence-corrected chi connectivity index (χ4v) is 4.22. The molecule has 0 aliphatic heterocycles. The zero-order chi connectivity index (χ0) is 17.2. The molecule has 4 rings (SSSR count). The first-order valence-electron chi connectivity index (χ1n) is 8.82. The highest BCUT2D eigenvalue weighted by Crippen LogP contribution is 2.47. The number of nitrogens with zero attached hydrogens (tertiary/aromatic N) is 3. The molecule has 2 saturated carbocycles. The first-order valence-corrected chi connectivity index (χ1v) is 8.82. The molecule has 27 heavy (non-hydrogen) atoms. The van der Waals surface area contributed by atoms with E-state index in [4.69, 9.17) is 10.5 Å². The third kappa shape index (κ3) is 4.72. The van der Waals surface area contributed by atoms with Gasteiger partial charge in [0.05, 0.1) is 12.5 Å². The van der Waals surface area contributed by atoms with E-state index in [1.54, 1.807) is 11.0 Å². The molecule has 0 radical (unpaired) electrons. The van der Waals surface area contributed by atoms with Crippen LogP contribution in [0, 0.1) is 17.8 Å². The van der Waals surface area contributed by atoms with E-state index in [1.165, 1.54) is 12.7 Å². The summed E-state index contributed by atoms with van der Waals surface area (Å²) in [4.78, 5) is 16.5. The van der Waals surface area contributed by atoms with E-state index >= 15 is 0 Å². The second kappa shape index (κ2) is 9.39. The van der Waals surface area contributed by atoms with Crippen molar-refractivity contribution in [2.24, 2.45) is 23.5 Å². The minimum absolute atomic E-state index is 0. The van der Waals surface area contributed by atoms with Gasteiger partial charge in [0.1, 0.15) is 25.0 Å². The minimum Gasteiger partial charge on any atom is -0.492 e. The van der Waals surface area contributed by atoms with Crippen LogP contribution in [0.4, 0.5) is 5.69 Å². The van der Waals surface area contributed by atoms with Gasteiger partial charge in [-0.15, -0.1) is 24.8 Å². The van der Waals surface area contributed by atoms with Crippen molar-refractivity contribution in [1.29, 1.82) is 0 Å². The Hall–Kier alpha value is -1.83. The van der Waals surface area contributed by atoms with Gasteiger partial charge in [0, 0.05) is 17.8 Å². The van der Waals surface area contributed by atoms with Crippen LogP contribution < -0.4 is 15.8 Å². The van der Waals surface area contributed by atoms with Gasteiger partial charge in [0.15, 0.2) is 0 Å². The predicted octanol–water partition coefficient (Wildman–Crippen LogP) is 2.51. The average molecular weight is 414 g/mol. The van der Waals surface area contributed by atoms with Crippen molar-refractivity contribution in [1.82, 2.24) is 14.8 Å². The lowest BCUT2D eigenvalue weighted by Gasteiger charge is -2.27. The van der Waals surface area contributed by atoms with Crippen LogP contribution in [0.5, 0.6) is 5.75 Å². The van der Waals surface area contributed by atoms with Gasteiger partial charge in [-0.1, -0.05) is 6.07 Å². The number of aromatic nitrogens is 3. The molecule has 3 N–H and O–H groups in total. The van der Waals surface area contributed by atoms with Crippen molar-refractivity contribution < 1.29 is 9.53 Å². The van der Waals surface area contributed by atoms with Crippen LogP contribution in [-0.2, 0) is 11.3 Å². The van der Waals surface area contributed by atoms with Crippen LogP contribution >= 0.6 is 24.8 Å². The first-order chi connectivity index (χ1) is 12.2. The van der Waals surface area contributed by atoms with E-state index in [-0.39, 0.29) is 42.7 Å². The lowest BCUT2D eigenvalue weighted by Crippen LogP contribution is -2.42. The maximum Gasteiger partial charge on any atom is 0.229 e. The van der Waals surface area contributed by atoms with E-state index in [2.05, 4.69) is 15.4 Å². The highest BCUT2D eigenvalue weighted by Gasteiger charge is 2.49. The van der Waals surface area contributed by atoms with Crippen LogP contribution in [0.3, 0.4) is 0 Å². The Balaban J connectivity index is 0.00000131. The molecule has 2 bridgehead atoms. The number of ether oxygens (including phenoxy) is 1. The minimum atomic E-state index is -0.0596. The molecule has 148 valence electrons. The highest BCUT2D eigenvalue weighted by atomic mass is 35.5. The quantitative estimate of drug-likeness (QED) is 0.758. The van der Waals surface area contributed by atoms with Gasteiger partial charge >= 0.3 is 0 Å². The second-order valence-electron chi connectivity index (χ2n) is 6.96. The zero-order valence-corrected chi connectivity index (χ0v) is 16.5. The van der Waals surface area contributed by atoms with Gasteiger partial charge in [0.2, 0.25) is 5.91 Å². The molecular weight excluding hydrogens is 389 g/mol. The SMILES string of the molecule is Cl.Cl.NC1C2CCC(C2)C1C(=O)Nc1cccc(OCCn2cncn2)c1. The third-order valence-corrected chi connectivity index (χ3v) is 5.44. The number of benzene rings is 1. The van der Waals surface area contributed by atoms with Crippen molar-refractivity contribution in [2.45, 2.75) is 31.8 Å². The van der Waals surface area contributed by atoms with E-state index in [0.717, 1.165) is 24.3 Å². The van der Waals surface area contributed by atoms with Crippen molar-refractivity contribution >= 4 is 36.4 Å². The lowest BCUT2D eigenvalue weighted by molar-refractivity contribution is -0.121. The molecule has 1 aromatic carbocycles. The number of hydrogen-bond donors (Lipinski definition) is 2. The number of halogens is 2. The average Bonchev–Trinajstić information content (AvgIpc) is 3.32. The number of anilines is 1. The van der Waals surface area contributed by atoms with E-state index < -0.39 is 0 Å².